The van der Waals surface area contributed by atoms with E-state index in [2.05, 4.69) is 0 Å². The maximum atomic E-state index is 10.3. The Hall–Kier alpha value is -1.65. The predicted molar refractivity (Wildman–Crippen MR) is 74.4 cm³/mol. The van der Waals surface area contributed by atoms with Gasteiger partial charge >= 0.3 is 0 Å². The second-order valence-electron chi connectivity index (χ2n) is 4.73. The Morgan fingerprint density at radius 3 is 2.90 bits per heavy atom. The highest BCUT2D eigenvalue weighted by Gasteiger charge is 2.19. The van der Waals surface area contributed by atoms with Crippen LogP contribution in [0.25, 0.3) is 0 Å². The summed E-state index contributed by atoms with van der Waals surface area (Å²) in [5.41, 5.74) is 1.64. The van der Waals surface area contributed by atoms with Crippen molar-refractivity contribution in [2.75, 3.05) is 13.2 Å². The Kier molecular flexibility index (Phi) is 3.85. The summed E-state index contributed by atoms with van der Waals surface area (Å²) < 4.78 is 16.2. The van der Waals surface area contributed by atoms with E-state index in [1.54, 1.807) is 24.7 Å². The maximum absolute atomic E-state index is 10.3. The summed E-state index contributed by atoms with van der Waals surface area (Å²) in [5.74, 6) is 1.15. The first-order valence-corrected chi connectivity index (χ1v) is 6.90. The fourth-order valence-electron chi connectivity index (χ4n) is 2.19. The lowest BCUT2D eigenvalue weighted by Crippen LogP contribution is -2.02. The molecule has 4 nitrogen and oxygen atoms in total. The van der Waals surface area contributed by atoms with Crippen LogP contribution in [0.5, 0.6) is 11.5 Å². The van der Waals surface area contributed by atoms with Crippen LogP contribution in [-0.2, 0) is 6.42 Å². The second-order valence-corrected chi connectivity index (χ2v) is 5.14. The van der Waals surface area contributed by atoms with Gasteiger partial charge in [-0.05, 0) is 29.3 Å². The van der Waals surface area contributed by atoms with Crippen LogP contribution in [0, 0.1) is 0 Å². The maximum Gasteiger partial charge on any atom is 0.179 e. The monoisotopic (exact) mass is 294 g/mol. The average molecular weight is 295 g/mol. The van der Waals surface area contributed by atoms with Crippen molar-refractivity contribution in [2.45, 2.75) is 18.9 Å². The summed E-state index contributed by atoms with van der Waals surface area (Å²) in [6.07, 6.45) is 3.82. The lowest BCUT2D eigenvalue weighted by Gasteiger charge is -2.15. The highest BCUT2D eigenvalue weighted by atomic mass is 35.5. The summed E-state index contributed by atoms with van der Waals surface area (Å²) >= 11 is 6.21. The van der Waals surface area contributed by atoms with Crippen molar-refractivity contribution >= 4 is 11.6 Å². The third kappa shape index (κ3) is 2.76. The van der Waals surface area contributed by atoms with E-state index in [4.69, 9.17) is 25.5 Å². The lowest BCUT2D eigenvalue weighted by molar-refractivity contribution is 0.177. The highest BCUT2D eigenvalue weighted by Crippen LogP contribution is 2.39. The van der Waals surface area contributed by atoms with Gasteiger partial charge in [0.2, 0.25) is 0 Å². The van der Waals surface area contributed by atoms with Crippen LogP contribution in [0.15, 0.2) is 35.1 Å². The molecule has 0 saturated carbocycles. The quantitative estimate of drug-likeness (QED) is 0.943. The highest BCUT2D eigenvalue weighted by molar-refractivity contribution is 6.32. The van der Waals surface area contributed by atoms with Gasteiger partial charge in [0.05, 0.1) is 36.9 Å². The summed E-state index contributed by atoms with van der Waals surface area (Å²) in [7, 11) is 0. The number of benzene rings is 1. The van der Waals surface area contributed by atoms with Gasteiger partial charge in [0.25, 0.3) is 0 Å². The van der Waals surface area contributed by atoms with Gasteiger partial charge < -0.3 is 19.0 Å². The molecular formula is C15H15ClO4. The van der Waals surface area contributed by atoms with Crippen molar-refractivity contribution in [1.29, 1.82) is 0 Å². The van der Waals surface area contributed by atoms with Crippen LogP contribution < -0.4 is 9.47 Å². The van der Waals surface area contributed by atoms with E-state index in [0.717, 1.165) is 12.0 Å². The van der Waals surface area contributed by atoms with Crippen molar-refractivity contribution in [3.8, 4) is 11.5 Å². The van der Waals surface area contributed by atoms with Gasteiger partial charge in [-0.15, -0.1) is 0 Å². The van der Waals surface area contributed by atoms with Crippen LogP contribution in [0.3, 0.4) is 0 Å². The number of hydrogen-bond donors (Lipinski definition) is 1. The molecule has 2 heterocycles. The van der Waals surface area contributed by atoms with Crippen molar-refractivity contribution in [3.63, 3.8) is 0 Å². The minimum Gasteiger partial charge on any atom is -0.489 e. The SMILES string of the molecule is OC(Cc1ccoc1)c1cc(Cl)c2c(c1)OCCCO2. The zero-order valence-electron chi connectivity index (χ0n) is 10.8. The molecule has 0 spiro atoms. The van der Waals surface area contributed by atoms with Gasteiger partial charge in [-0.1, -0.05) is 11.6 Å². The number of rotatable bonds is 3. The third-order valence-electron chi connectivity index (χ3n) is 3.22. The molecule has 1 unspecified atom stereocenters. The summed E-state index contributed by atoms with van der Waals surface area (Å²) in [4.78, 5) is 0. The van der Waals surface area contributed by atoms with Crippen LogP contribution in [0.2, 0.25) is 5.02 Å². The van der Waals surface area contributed by atoms with Crippen molar-refractivity contribution in [3.05, 3.63) is 46.9 Å². The van der Waals surface area contributed by atoms with E-state index in [9.17, 15) is 5.11 Å². The smallest absolute Gasteiger partial charge is 0.179 e. The summed E-state index contributed by atoms with van der Waals surface area (Å²) in [5, 5.41) is 10.8. The molecule has 0 fully saturated rings. The van der Waals surface area contributed by atoms with Crippen LogP contribution in [-0.4, -0.2) is 18.3 Å². The number of halogens is 1. The van der Waals surface area contributed by atoms with Gasteiger partial charge in [0.1, 0.15) is 0 Å². The molecular weight excluding hydrogens is 280 g/mol. The van der Waals surface area contributed by atoms with E-state index >= 15 is 0 Å². The molecule has 0 radical (unpaired) electrons. The average Bonchev–Trinajstić information content (AvgIpc) is 2.81. The Morgan fingerprint density at radius 1 is 1.25 bits per heavy atom. The van der Waals surface area contributed by atoms with Crippen molar-refractivity contribution in [2.24, 2.45) is 0 Å². The number of furan rings is 1. The number of aliphatic hydroxyl groups excluding tert-OH is 1. The normalized spacial score (nSPS) is 15.7. The molecule has 20 heavy (non-hydrogen) atoms. The number of hydrogen-bond acceptors (Lipinski definition) is 4. The van der Waals surface area contributed by atoms with Crippen molar-refractivity contribution in [1.82, 2.24) is 0 Å². The zero-order chi connectivity index (χ0) is 13.9. The van der Waals surface area contributed by atoms with Crippen molar-refractivity contribution < 1.29 is 19.0 Å². The standard InChI is InChI=1S/C15H15ClO4/c16-12-7-11(13(17)6-10-2-5-18-9-10)8-14-15(12)20-4-1-3-19-14/h2,5,7-9,13,17H,1,3-4,6H2. The molecule has 1 aliphatic rings. The number of fused-ring (bicyclic) bond motifs is 1. The molecule has 1 aliphatic heterocycles. The molecule has 1 aromatic carbocycles. The molecule has 106 valence electrons. The first kappa shape index (κ1) is 13.3. The number of ether oxygens (including phenoxy) is 2. The molecule has 1 N–H and O–H groups in total. The van der Waals surface area contributed by atoms with Gasteiger partial charge in [-0.2, -0.15) is 0 Å². The molecule has 2 aromatic rings. The fourth-order valence-corrected chi connectivity index (χ4v) is 2.47. The Bertz CT molecular complexity index is 580. The first-order chi connectivity index (χ1) is 9.74. The van der Waals surface area contributed by atoms with E-state index in [1.807, 2.05) is 6.07 Å². The topological polar surface area (TPSA) is 51.8 Å². The summed E-state index contributed by atoms with van der Waals surface area (Å²) in [6.45, 7) is 1.17. The second kappa shape index (κ2) is 5.77. The molecule has 0 aliphatic carbocycles. The third-order valence-corrected chi connectivity index (χ3v) is 3.50. The van der Waals surface area contributed by atoms with Crippen LogP contribution >= 0.6 is 11.6 Å². The summed E-state index contributed by atoms with van der Waals surface area (Å²) in [6, 6.07) is 5.34. The largest absolute Gasteiger partial charge is 0.489 e. The van der Waals surface area contributed by atoms with Crippen LogP contribution in [0.4, 0.5) is 0 Å². The minimum absolute atomic E-state index is 0.464. The molecule has 1 atom stereocenters. The lowest BCUT2D eigenvalue weighted by atomic mass is 10.0. The Balaban J connectivity index is 1.86. The predicted octanol–water partition coefficient (Wildman–Crippen LogP) is 3.37. The van der Waals surface area contributed by atoms with Gasteiger partial charge in [0.15, 0.2) is 11.5 Å². The van der Waals surface area contributed by atoms with E-state index < -0.39 is 6.10 Å². The van der Waals surface area contributed by atoms with E-state index in [0.29, 0.717) is 41.7 Å². The van der Waals surface area contributed by atoms with Gasteiger partial charge in [0, 0.05) is 12.8 Å². The minimum atomic E-state index is -0.665. The molecule has 0 saturated heterocycles. The first-order valence-electron chi connectivity index (χ1n) is 6.52. The molecule has 0 amide bonds. The van der Waals surface area contributed by atoms with E-state index in [1.165, 1.54) is 0 Å². The van der Waals surface area contributed by atoms with Crippen LogP contribution in [0.1, 0.15) is 23.7 Å². The fraction of sp³-hybridized carbons (Fsp3) is 0.333. The Labute approximate surface area is 121 Å². The molecule has 5 heteroatoms. The number of aliphatic hydroxyl groups is 1. The van der Waals surface area contributed by atoms with E-state index in [-0.39, 0.29) is 0 Å². The molecule has 0 bridgehead atoms. The molecule has 1 aromatic heterocycles. The Morgan fingerprint density at radius 2 is 2.10 bits per heavy atom. The molecule has 3 rings (SSSR count). The van der Waals surface area contributed by atoms with Gasteiger partial charge in [-0.25, -0.2) is 0 Å². The van der Waals surface area contributed by atoms with Gasteiger partial charge in [-0.3, -0.25) is 0 Å². The zero-order valence-corrected chi connectivity index (χ0v) is 11.6.